The summed E-state index contributed by atoms with van der Waals surface area (Å²) >= 11 is 0. The first-order valence-corrected chi connectivity index (χ1v) is 7.02. The molecule has 0 atom stereocenters. The van der Waals surface area contributed by atoms with Crippen molar-refractivity contribution < 1.29 is 4.42 Å². The molecule has 2 aromatic rings. The first-order chi connectivity index (χ1) is 9.78. The Labute approximate surface area is 118 Å². The molecule has 0 amide bonds. The largest absolute Gasteiger partial charge is 0.444 e. The Morgan fingerprint density at radius 2 is 2.10 bits per heavy atom. The molecular formula is C14H19N5O. The summed E-state index contributed by atoms with van der Waals surface area (Å²) in [6, 6.07) is 1.90. The van der Waals surface area contributed by atoms with Crippen LogP contribution in [0, 0.1) is 0 Å². The third-order valence-electron chi connectivity index (χ3n) is 3.31. The fourth-order valence-corrected chi connectivity index (χ4v) is 1.97. The number of rotatable bonds is 6. The van der Waals surface area contributed by atoms with E-state index in [0.717, 1.165) is 29.6 Å². The number of hydrogen-bond acceptors (Lipinski definition) is 6. The number of oxazole rings is 1. The maximum atomic E-state index is 5.57. The van der Waals surface area contributed by atoms with Crippen LogP contribution in [-0.4, -0.2) is 22.0 Å². The van der Waals surface area contributed by atoms with Crippen LogP contribution in [0.2, 0.25) is 0 Å². The number of nitrogens with zero attached hydrogens (tertiary/aromatic N) is 3. The molecule has 6 heteroatoms. The third kappa shape index (κ3) is 2.89. The second-order valence-corrected chi connectivity index (χ2v) is 4.95. The Kier molecular flexibility index (Phi) is 3.54. The van der Waals surface area contributed by atoms with Crippen LogP contribution < -0.4 is 10.6 Å². The van der Waals surface area contributed by atoms with Gasteiger partial charge in [0.2, 0.25) is 5.89 Å². The average molecular weight is 273 g/mol. The number of nitrogens with one attached hydrogen (secondary N) is 2. The zero-order valence-electron chi connectivity index (χ0n) is 11.8. The van der Waals surface area contributed by atoms with Gasteiger partial charge in [0.05, 0.1) is 12.7 Å². The van der Waals surface area contributed by atoms with Gasteiger partial charge in [-0.15, -0.1) is 0 Å². The van der Waals surface area contributed by atoms with E-state index in [2.05, 4.69) is 25.6 Å². The molecule has 1 aliphatic rings. The van der Waals surface area contributed by atoms with Crippen LogP contribution in [0.15, 0.2) is 16.7 Å². The molecule has 1 fully saturated rings. The zero-order chi connectivity index (χ0) is 13.9. The van der Waals surface area contributed by atoms with Gasteiger partial charge in [-0.05, 0) is 12.8 Å². The van der Waals surface area contributed by atoms with Gasteiger partial charge in [0.1, 0.15) is 23.2 Å². The first-order valence-electron chi connectivity index (χ1n) is 7.02. The summed E-state index contributed by atoms with van der Waals surface area (Å²) in [7, 11) is 1.87. The van der Waals surface area contributed by atoms with E-state index in [4.69, 9.17) is 4.42 Å². The lowest BCUT2D eigenvalue weighted by atomic mass is 10.3. The minimum atomic E-state index is 0.525. The summed E-state index contributed by atoms with van der Waals surface area (Å²) in [5, 5.41) is 6.32. The van der Waals surface area contributed by atoms with Crippen molar-refractivity contribution in [2.24, 2.45) is 0 Å². The summed E-state index contributed by atoms with van der Waals surface area (Å²) in [5.74, 6) is 4.67. The summed E-state index contributed by atoms with van der Waals surface area (Å²) in [4.78, 5) is 13.3. The fraction of sp³-hybridized carbons (Fsp3) is 0.500. The van der Waals surface area contributed by atoms with Crippen molar-refractivity contribution >= 4 is 11.6 Å². The van der Waals surface area contributed by atoms with Crippen molar-refractivity contribution in [2.75, 3.05) is 17.7 Å². The van der Waals surface area contributed by atoms with Gasteiger partial charge in [-0.3, -0.25) is 0 Å². The molecular weight excluding hydrogens is 254 g/mol. The van der Waals surface area contributed by atoms with E-state index in [1.165, 1.54) is 12.8 Å². The van der Waals surface area contributed by atoms with E-state index in [0.29, 0.717) is 18.4 Å². The molecule has 1 saturated carbocycles. The monoisotopic (exact) mass is 273 g/mol. The van der Waals surface area contributed by atoms with Crippen LogP contribution in [0.25, 0.3) is 0 Å². The SMILES string of the molecule is CCc1cnc(CNc2cc(NC)nc(C3CC3)n2)o1. The minimum Gasteiger partial charge on any atom is -0.444 e. The van der Waals surface area contributed by atoms with Gasteiger partial charge in [-0.2, -0.15) is 0 Å². The highest BCUT2D eigenvalue weighted by Gasteiger charge is 2.27. The molecule has 0 radical (unpaired) electrons. The van der Waals surface area contributed by atoms with Crippen LogP contribution in [0.5, 0.6) is 0 Å². The second kappa shape index (κ2) is 5.48. The van der Waals surface area contributed by atoms with E-state index < -0.39 is 0 Å². The molecule has 3 rings (SSSR count). The highest BCUT2D eigenvalue weighted by molar-refractivity contribution is 5.47. The topological polar surface area (TPSA) is 75.9 Å². The van der Waals surface area contributed by atoms with Crippen molar-refractivity contribution in [3.63, 3.8) is 0 Å². The van der Waals surface area contributed by atoms with E-state index >= 15 is 0 Å². The summed E-state index contributed by atoms with van der Waals surface area (Å²) in [5.41, 5.74) is 0. The molecule has 0 aliphatic heterocycles. The van der Waals surface area contributed by atoms with Crippen molar-refractivity contribution in [3.05, 3.63) is 29.7 Å². The molecule has 6 nitrogen and oxygen atoms in total. The Morgan fingerprint density at radius 1 is 1.30 bits per heavy atom. The molecule has 0 aromatic carbocycles. The number of aromatic nitrogens is 3. The molecule has 2 heterocycles. The molecule has 20 heavy (non-hydrogen) atoms. The maximum absolute atomic E-state index is 5.57. The highest BCUT2D eigenvalue weighted by Crippen LogP contribution is 2.38. The van der Waals surface area contributed by atoms with Gasteiger partial charge in [0.25, 0.3) is 0 Å². The smallest absolute Gasteiger partial charge is 0.213 e. The Hall–Kier alpha value is -2.11. The van der Waals surface area contributed by atoms with Gasteiger partial charge in [0, 0.05) is 25.5 Å². The normalized spacial score (nSPS) is 14.3. The van der Waals surface area contributed by atoms with Gasteiger partial charge in [-0.25, -0.2) is 15.0 Å². The van der Waals surface area contributed by atoms with E-state index in [1.807, 2.05) is 20.0 Å². The van der Waals surface area contributed by atoms with Crippen LogP contribution in [0.3, 0.4) is 0 Å². The van der Waals surface area contributed by atoms with E-state index in [1.54, 1.807) is 6.20 Å². The lowest BCUT2D eigenvalue weighted by molar-refractivity contribution is 0.465. The van der Waals surface area contributed by atoms with Crippen molar-refractivity contribution in [1.29, 1.82) is 0 Å². The summed E-state index contributed by atoms with van der Waals surface area (Å²) in [6.07, 6.45) is 5.00. The van der Waals surface area contributed by atoms with Gasteiger partial charge < -0.3 is 15.1 Å². The van der Waals surface area contributed by atoms with Crippen LogP contribution >= 0.6 is 0 Å². The van der Waals surface area contributed by atoms with Gasteiger partial charge >= 0.3 is 0 Å². The maximum Gasteiger partial charge on any atom is 0.213 e. The molecule has 1 aliphatic carbocycles. The highest BCUT2D eigenvalue weighted by atomic mass is 16.4. The number of aryl methyl sites for hydroxylation is 1. The van der Waals surface area contributed by atoms with Crippen molar-refractivity contribution in [2.45, 2.75) is 38.6 Å². The Morgan fingerprint density at radius 3 is 2.75 bits per heavy atom. The van der Waals surface area contributed by atoms with Crippen LogP contribution in [0.1, 0.15) is 43.2 Å². The first kappa shape index (κ1) is 12.9. The predicted octanol–water partition coefficient (Wildman–Crippen LogP) is 2.56. The van der Waals surface area contributed by atoms with Crippen LogP contribution in [-0.2, 0) is 13.0 Å². The zero-order valence-corrected chi connectivity index (χ0v) is 11.8. The summed E-state index contributed by atoms with van der Waals surface area (Å²) in [6.45, 7) is 2.58. The lowest BCUT2D eigenvalue weighted by Gasteiger charge is -2.08. The van der Waals surface area contributed by atoms with E-state index in [-0.39, 0.29) is 0 Å². The molecule has 0 saturated heterocycles. The molecule has 2 N–H and O–H groups in total. The average Bonchev–Trinajstić information content (AvgIpc) is 3.24. The predicted molar refractivity (Wildman–Crippen MR) is 76.8 cm³/mol. The molecule has 0 spiro atoms. The van der Waals surface area contributed by atoms with Crippen molar-refractivity contribution in [1.82, 2.24) is 15.0 Å². The molecule has 106 valence electrons. The number of anilines is 2. The Balaban J connectivity index is 1.71. The lowest BCUT2D eigenvalue weighted by Crippen LogP contribution is -2.06. The summed E-state index contributed by atoms with van der Waals surface area (Å²) < 4.78 is 5.57. The van der Waals surface area contributed by atoms with Crippen LogP contribution in [0.4, 0.5) is 11.6 Å². The molecule has 2 aromatic heterocycles. The molecule has 0 bridgehead atoms. The third-order valence-corrected chi connectivity index (χ3v) is 3.31. The van der Waals surface area contributed by atoms with Gasteiger partial charge in [-0.1, -0.05) is 6.92 Å². The van der Waals surface area contributed by atoms with Crippen molar-refractivity contribution in [3.8, 4) is 0 Å². The molecule has 0 unspecified atom stereocenters. The second-order valence-electron chi connectivity index (χ2n) is 4.95. The fourth-order valence-electron chi connectivity index (χ4n) is 1.97. The Bertz CT molecular complexity index is 591. The minimum absolute atomic E-state index is 0.525. The quantitative estimate of drug-likeness (QED) is 0.842. The van der Waals surface area contributed by atoms with E-state index in [9.17, 15) is 0 Å². The van der Waals surface area contributed by atoms with Gasteiger partial charge in [0.15, 0.2) is 0 Å². The standard InChI is InChI=1S/C14H19N5O/c1-3-10-7-17-13(20-10)8-16-12-6-11(15-2)18-14(19-12)9-4-5-9/h6-7,9H,3-5,8H2,1-2H3,(H2,15,16,18,19). The number of hydrogen-bond donors (Lipinski definition) is 2.